The largest absolute Gasteiger partial charge is 0.417 e. The van der Waals surface area contributed by atoms with Crippen molar-refractivity contribution in [1.29, 1.82) is 0 Å². The molecule has 5 nitrogen and oxygen atoms in total. The van der Waals surface area contributed by atoms with Crippen molar-refractivity contribution in [3.05, 3.63) is 33.1 Å². The van der Waals surface area contributed by atoms with Crippen LogP contribution in [0, 0.1) is 0 Å². The fourth-order valence-electron chi connectivity index (χ4n) is 1.40. The van der Waals surface area contributed by atoms with Crippen molar-refractivity contribution >= 4 is 28.5 Å². The van der Waals surface area contributed by atoms with Gasteiger partial charge in [-0.2, -0.15) is 13.2 Å². The van der Waals surface area contributed by atoms with E-state index in [1.54, 1.807) is 0 Å². The maximum Gasteiger partial charge on any atom is 0.417 e. The first-order chi connectivity index (χ1) is 8.32. The van der Waals surface area contributed by atoms with E-state index in [0.29, 0.717) is 6.07 Å². The Kier molecular flexibility index (Phi) is 2.91. The monoisotopic (exact) mass is 279 g/mol. The van der Waals surface area contributed by atoms with E-state index in [0.717, 1.165) is 6.07 Å². The molecule has 0 unspecified atom stereocenters. The molecule has 0 saturated carbocycles. The van der Waals surface area contributed by atoms with E-state index >= 15 is 0 Å². The molecule has 3 N–H and O–H groups in total. The molecule has 0 spiro atoms. The molecule has 0 aliphatic carbocycles. The highest BCUT2D eigenvalue weighted by Crippen LogP contribution is 2.36. The van der Waals surface area contributed by atoms with Gasteiger partial charge in [-0.25, -0.2) is 10.5 Å². The third-order valence-corrected chi connectivity index (χ3v) is 2.50. The molecular formula is C9H5ClF3N3O2. The quantitative estimate of drug-likeness (QED) is 0.701. The fourth-order valence-corrected chi connectivity index (χ4v) is 1.67. The normalized spacial score (nSPS) is 11.8. The van der Waals surface area contributed by atoms with E-state index in [9.17, 15) is 18.0 Å². The number of hydrogen-bond donors (Lipinski definition) is 3. The lowest BCUT2D eigenvalue weighted by Crippen LogP contribution is -2.15. The van der Waals surface area contributed by atoms with Crippen LogP contribution >= 0.6 is 11.6 Å². The smallest absolute Gasteiger partial charge is 0.317 e. The molecule has 18 heavy (non-hydrogen) atoms. The number of benzene rings is 1. The van der Waals surface area contributed by atoms with Crippen LogP contribution in [0.1, 0.15) is 5.56 Å². The Labute approximate surface area is 102 Å². The maximum atomic E-state index is 12.6. The second-order valence-electron chi connectivity index (χ2n) is 3.37. The van der Waals surface area contributed by atoms with Gasteiger partial charge in [0.1, 0.15) is 0 Å². The Morgan fingerprint density at radius 2 is 2.06 bits per heavy atom. The van der Waals surface area contributed by atoms with Gasteiger partial charge in [0.25, 0.3) is 5.56 Å². The van der Waals surface area contributed by atoms with Crippen molar-refractivity contribution in [2.45, 2.75) is 6.18 Å². The summed E-state index contributed by atoms with van der Waals surface area (Å²) in [4.78, 5) is 17.0. The highest BCUT2D eigenvalue weighted by molar-refractivity contribution is 6.32. The van der Waals surface area contributed by atoms with Crippen molar-refractivity contribution < 1.29 is 18.4 Å². The topological polar surface area (TPSA) is 78.0 Å². The van der Waals surface area contributed by atoms with Crippen LogP contribution in [0.4, 0.5) is 19.0 Å². The number of rotatable bonds is 1. The first-order valence-corrected chi connectivity index (χ1v) is 4.91. The SMILES string of the molecule is O=c1[nH]c2cc(Cl)c(C(F)(F)F)cc2nc1NO. The summed E-state index contributed by atoms with van der Waals surface area (Å²) in [5.41, 5.74) is -0.466. The van der Waals surface area contributed by atoms with Crippen molar-refractivity contribution in [2.75, 3.05) is 5.48 Å². The number of anilines is 1. The third-order valence-electron chi connectivity index (χ3n) is 2.19. The lowest BCUT2D eigenvalue weighted by molar-refractivity contribution is -0.137. The molecular weight excluding hydrogens is 275 g/mol. The lowest BCUT2D eigenvalue weighted by Gasteiger charge is -2.10. The van der Waals surface area contributed by atoms with E-state index in [2.05, 4.69) is 9.97 Å². The van der Waals surface area contributed by atoms with Crippen LogP contribution < -0.4 is 11.0 Å². The van der Waals surface area contributed by atoms with Crippen LogP contribution in [0.25, 0.3) is 11.0 Å². The molecule has 2 rings (SSSR count). The highest BCUT2D eigenvalue weighted by atomic mass is 35.5. The van der Waals surface area contributed by atoms with Crippen LogP contribution in [-0.4, -0.2) is 15.2 Å². The Bertz CT molecular complexity index is 668. The van der Waals surface area contributed by atoms with Gasteiger partial charge >= 0.3 is 6.18 Å². The minimum absolute atomic E-state index is 0.0389. The highest BCUT2D eigenvalue weighted by Gasteiger charge is 2.33. The summed E-state index contributed by atoms with van der Waals surface area (Å²) in [6.07, 6.45) is -4.63. The number of nitrogens with zero attached hydrogens (tertiary/aromatic N) is 1. The molecule has 9 heteroatoms. The molecule has 0 atom stereocenters. The number of hydrogen-bond acceptors (Lipinski definition) is 4. The van der Waals surface area contributed by atoms with Gasteiger partial charge < -0.3 is 4.98 Å². The molecule has 0 radical (unpaired) electrons. The van der Waals surface area contributed by atoms with Gasteiger partial charge in [-0.3, -0.25) is 10.0 Å². The zero-order chi connectivity index (χ0) is 13.5. The Morgan fingerprint density at radius 1 is 1.39 bits per heavy atom. The average molecular weight is 280 g/mol. The molecule has 0 saturated heterocycles. The molecule has 2 aromatic rings. The van der Waals surface area contributed by atoms with Gasteiger partial charge in [-0.1, -0.05) is 11.6 Å². The second kappa shape index (κ2) is 4.14. The number of fused-ring (bicyclic) bond motifs is 1. The Morgan fingerprint density at radius 3 is 2.61 bits per heavy atom. The number of nitrogens with one attached hydrogen (secondary N) is 2. The predicted octanol–water partition coefficient (Wildman–Crippen LogP) is 2.40. The first kappa shape index (κ1) is 12.7. The van der Waals surface area contributed by atoms with Gasteiger partial charge in [0.05, 0.1) is 21.6 Å². The molecule has 0 fully saturated rings. The number of halogens is 4. The summed E-state index contributed by atoms with van der Waals surface area (Å²) >= 11 is 5.48. The van der Waals surface area contributed by atoms with E-state index < -0.39 is 28.1 Å². The summed E-state index contributed by atoms with van der Waals surface area (Å²) in [5.74, 6) is -0.502. The molecule has 0 aliphatic rings. The van der Waals surface area contributed by atoms with Gasteiger partial charge in [0.2, 0.25) is 5.82 Å². The molecule has 0 amide bonds. The van der Waals surface area contributed by atoms with Crippen molar-refractivity contribution in [3.63, 3.8) is 0 Å². The second-order valence-corrected chi connectivity index (χ2v) is 3.78. The standard InChI is InChI=1S/C9H5ClF3N3O2/c10-4-2-6-5(1-3(4)9(11,12)13)14-7(16-18)8(17)15-6/h1-2,18H,(H,14,16)(H,15,17). The summed E-state index contributed by atoms with van der Waals surface area (Å²) < 4.78 is 37.8. The van der Waals surface area contributed by atoms with Gasteiger partial charge in [-0.05, 0) is 12.1 Å². The van der Waals surface area contributed by atoms with Crippen LogP contribution in [0.2, 0.25) is 5.02 Å². The van der Waals surface area contributed by atoms with Crippen LogP contribution in [0.3, 0.4) is 0 Å². The Hall–Kier alpha value is -1.80. The predicted molar refractivity (Wildman–Crippen MR) is 57.8 cm³/mol. The molecule has 0 aliphatic heterocycles. The average Bonchev–Trinajstić information content (AvgIpc) is 2.26. The number of aromatic amines is 1. The molecule has 1 aromatic heterocycles. The number of aromatic nitrogens is 2. The van der Waals surface area contributed by atoms with Gasteiger partial charge in [0, 0.05) is 0 Å². The fraction of sp³-hybridized carbons (Fsp3) is 0.111. The van der Waals surface area contributed by atoms with Crippen molar-refractivity contribution in [2.24, 2.45) is 0 Å². The molecule has 96 valence electrons. The van der Waals surface area contributed by atoms with E-state index in [1.807, 2.05) is 0 Å². The zero-order valence-corrected chi connectivity index (χ0v) is 9.23. The van der Waals surface area contributed by atoms with Crippen LogP contribution in [0.15, 0.2) is 16.9 Å². The molecule has 0 bridgehead atoms. The van der Waals surface area contributed by atoms with Crippen LogP contribution in [0.5, 0.6) is 0 Å². The minimum atomic E-state index is -4.63. The van der Waals surface area contributed by atoms with Gasteiger partial charge in [0.15, 0.2) is 0 Å². The molecule has 1 aromatic carbocycles. The minimum Gasteiger partial charge on any atom is -0.317 e. The number of alkyl halides is 3. The van der Waals surface area contributed by atoms with E-state index in [1.165, 1.54) is 5.48 Å². The van der Waals surface area contributed by atoms with Crippen molar-refractivity contribution in [3.8, 4) is 0 Å². The molecule has 1 heterocycles. The summed E-state index contributed by atoms with van der Waals surface area (Å²) in [7, 11) is 0. The first-order valence-electron chi connectivity index (χ1n) is 4.54. The Balaban J connectivity index is 2.78. The van der Waals surface area contributed by atoms with Gasteiger partial charge in [-0.15, -0.1) is 0 Å². The maximum absolute atomic E-state index is 12.6. The third kappa shape index (κ3) is 2.12. The van der Waals surface area contributed by atoms with E-state index in [4.69, 9.17) is 16.8 Å². The van der Waals surface area contributed by atoms with E-state index in [-0.39, 0.29) is 11.0 Å². The van der Waals surface area contributed by atoms with Crippen molar-refractivity contribution in [1.82, 2.24) is 9.97 Å². The summed E-state index contributed by atoms with van der Waals surface area (Å²) in [6, 6.07) is 1.64. The zero-order valence-electron chi connectivity index (χ0n) is 8.47. The van der Waals surface area contributed by atoms with Crippen LogP contribution in [-0.2, 0) is 6.18 Å². The number of H-pyrrole nitrogens is 1. The lowest BCUT2D eigenvalue weighted by atomic mass is 10.2. The summed E-state index contributed by atoms with van der Waals surface area (Å²) in [6.45, 7) is 0. The summed E-state index contributed by atoms with van der Waals surface area (Å²) in [5, 5.41) is 8.04.